The van der Waals surface area contributed by atoms with Gasteiger partial charge in [0.25, 0.3) is 0 Å². The lowest BCUT2D eigenvalue weighted by atomic mass is 9.96. The maximum atomic E-state index is 12.5. The molecule has 1 atom stereocenters. The van der Waals surface area contributed by atoms with E-state index in [4.69, 9.17) is 4.74 Å². The normalized spacial score (nSPS) is 17.7. The minimum absolute atomic E-state index is 0.185. The molecule has 138 valence electrons. The molecule has 0 spiro atoms. The molecule has 1 aliphatic rings. The molecule has 1 N–H and O–H groups in total. The third-order valence-corrected chi connectivity index (χ3v) is 5.99. The van der Waals surface area contributed by atoms with Gasteiger partial charge in [0.2, 0.25) is 5.91 Å². The predicted molar refractivity (Wildman–Crippen MR) is 92.8 cm³/mol. The molecule has 1 saturated heterocycles. The van der Waals surface area contributed by atoms with E-state index >= 15 is 0 Å². The highest BCUT2D eigenvalue weighted by atomic mass is 32.2. The molecule has 1 aromatic rings. The Kier molecular flexibility index (Phi) is 6.55. The van der Waals surface area contributed by atoms with E-state index in [0.717, 1.165) is 5.56 Å². The van der Waals surface area contributed by atoms with Gasteiger partial charge in [-0.05, 0) is 24.8 Å². The van der Waals surface area contributed by atoms with Gasteiger partial charge in [0.1, 0.15) is 0 Å². The minimum Gasteiger partial charge on any atom is -0.469 e. The molecule has 1 heterocycles. The fourth-order valence-corrected chi connectivity index (χ4v) is 4.24. The van der Waals surface area contributed by atoms with E-state index < -0.39 is 22.0 Å². The number of hydrogen-bond donors (Lipinski definition) is 1. The Bertz CT molecular complexity index is 697. The molecule has 0 aromatic heterocycles. The zero-order valence-corrected chi connectivity index (χ0v) is 15.3. The highest BCUT2D eigenvalue weighted by molar-refractivity contribution is 7.87. The Hall–Kier alpha value is -1.93. The highest BCUT2D eigenvalue weighted by Gasteiger charge is 2.33. The summed E-state index contributed by atoms with van der Waals surface area (Å²) in [7, 11) is -2.60. The van der Waals surface area contributed by atoms with E-state index in [1.165, 1.54) is 11.4 Å². The van der Waals surface area contributed by atoms with Crippen molar-refractivity contribution in [3.63, 3.8) is 0 Å². The number of nitrogens with zero attached hydrogens (tertiary/aromatic N) is 1. The second kappa shape index (κ2) is 8.44. The van der Waals surface area contributed by atoms with Crippen molar-refractivity contribution in [1.82, 2.24) is 9.03 Å². The summed E-state index contributed by atoms with van der Waals surface area (Å²) in [5, 5.41) is 0. The van der Waals surface area contributed by atoms with Gasteiger partial charge in [0.05, 0.1) is 18.9 Å². The molecule has 1 aromatic carbocycles. The van der Waals surface area contributed by atoms with Crippen LogP contribution < -0.4 is 4.72 Å². The molecule has 7 nitrogen and oxygen atoms in total. The van der Waals surface area contributed by atoms with Crippen LogP contribution in [-0.4, -0.2) is 44.8 Å². The van der Waals surface area contributed by atoms with Crippen molar-refractivity contribution < 1.29 is 22.7 Å². The number of benzene rings is 1. The fourth-order valence-electron chi connectivity index (χ4n) is 3.02. The fraction of sp³-hybridized carbons (Fsp3) is 0.529. The van der Waals surface area contributed by atoms with E-state index in [2.05, 4.69) is 4.72 Å². The molecule has 0 radical (unpaired) electrons. The van der Waals surface area contributed by atoms with Crippen molar-refractivity contribution in [2.45, 2.75) is 32.1 Å². The summed E-state index contributed by atoms with van der Waals surface area (Å²) in [5.74, 6) is -1.68. The highest BCUT2D eigenvalue weighted by Crippen LogP contribution is 2.22. The van der Waals surface area contributed by atoms with Crippen molar-refractivity contribution in [3.8, 4) is 0 Å². The maximum Gasteiger partial charge on any atom is 0.308 e. The number of rotatable bonds is 6. The summed E-state index contributed by atoms with van der Waals surface area (Å²) < 4.78 is 33.0. The van der Waals surface area contributed by atoms with Gasteiger partial charge in [0, 0.05) is 13.1 Å². The van der Waals surface area contributed by atoms with Crippen LogP contribution in [0.15, 0.2) is 30.3 Å². The lowest BCUT2D eigenvalue weighted by Gasteiger charge is -2.30. The summed E-state index contributed by atoms with van der Waals surface area (Å²) >= 11 is 0. The first-order valence-electron chi connectivity index (χ1n) is 8.33. The number of ether oxygens (including phenoxy) is 1. The van der Waals surface area contributed by atoms with Crippen LogP contribution in [0.3, 0.4) is 0 Å². The summed E-state index contributed by atoms with van der Waals surface area (Å²) in [6.45, 7) is 2.21. The molecule has 1 fully saturated rings. The van der Waals surface area contributed by atoms with Gasteiger partial charge in [-0.1, -0.05) is 37.3 Å². The molecule has 0 bridgehead atoms. The summed E-state index contributed by atoms with van der Waals surface area (Å²) in [6, 6.07) is 9.09. The monoisotopic (exact) mass is 368 g/mol. The summed E-state index contributed by atoms with van der Waals surface area (Å²) in [6.07, 6.45) is 1.27. The van der Waals surface area contributed by atoms with Crippen molar-refractivity contribution in [2.24, 2.45) is 5.92 Å². The molecule has 0 aliphatic carbocycles. The van der Waals surface area contributed by atoms with E-state index in [1.54, 1.807) is 0 Å². The summed E-state index contributed by atoms with van der Waals surface area (Å²) in [5.41, 5.74) is 0.780. The smallest absolute Gasteiger partial charge is 0.308 e. The largest absolute Gasteiger partial charge is 0.469 e. The number of carbonyl (C=O) groups excluding carboxylic acids is 2. The van der Waals surface area contributed by atoms with Gasteiger partial charge in [0.15, 0.2) is 0 Å². The molecule has 25 heavy (non-hydrogen) atoms. The number of esters is 1. The maximum absolute atomic E-state index is 12.5. The zero-order chi connectivity index (χ0) is 18.4. The Morgan fingerprint density at radius 3 is 2.36 bits per heavy atom. The Labute approximate surface area is 148 Å². The predicted octanol–water partition coefficient (Wildman–Crippen LogP) is 1.43. The molecule has 0 saturated carbocycles. The SMILES string of the molecule is CCC(C(=O)NS(=O)(=O)N1CCC(C(=O)OC)CC1)c1ccccc1. The number of carbonyl (C=O) groups is 2. The van der Waals surface area contributed by atoms with Gasteiger partial charge in [-0.3, -0.25) is 9.59 Å². The van der Waals surface area contributed by atoms with E-state index in [0.29, 0.717) is 19.3 Å². The molecular formula is C17H24N2O5S. The van der Waals surface area contributed by atoms with Crippen LogP contribution in [0.4, 0.5) is 0 Å². The Morgan fingerprint density at radius 2 is 1.84 bits per heavy atom. The van der Waals surface area contributed by atoms with E-state index in [-0.39, 0.29) is 25.0 Å². The van der Waals surface area contributed by atoms with Gasteiger partial charge in [-0.2, -0.15) is 12.7 Å². The molecule has 2 rings (SSSR count). The summed E-state index contributed by atoms with van der Waals surface area (Å²) in [4.78, 5) is 24.0. The van der Waals surface area contributed by atoms with Crippen molar-refractivity contribution in [1.29, 1.82) is 0 Å². The molecule has 8 heteroatoms. The Morgan fingerprint density at radius 1 is 1.24 bits per heavy atom. The van der Waals surface area contributed by atoms with Crippen LogP contribution >= 0.6 is 0 Å². The standard InChI is InChI=1S/C17H24N2O5S/c1-3-15(13-7-5-4-6-8-13)16(20)18-25(22,23)19-11-9-14(10-12-19)17(21)24-2/h4-8,14-15H,3,9-12H2,1-2H3,(H,18,20). The molecule has 1 aliphatic heterocycles. The van der Waals surface area contributed by atoms with Crippen LogP contribution in [-0.2, 0) is 24.5 Å². The second-order valence-electron chi connectivity index (χ2n) is 6.04. The first-order valence-corrected chi connectivity index (χ1v) is 9.77. The van der Waals surface area contributed by atoms with Crippen LogP contribution in [0.1, 0.15) is 37.7 Å². The average molecular weight is 368 g/mol. The first kappa shape index (κ1) is 19.4. The molecular weight excluding hydrogens is 344 g/mol. The minimum atomic E-state index is -3.92. The molecule has 1 amide bonds. The third kappa shape index (κ3) is 4.79. The average Bonchev–Trinajstić information content (AvgIpc) is 2.62. The van der Waals surface area contributed by atoms with Gasteiger partial charge in [-0.15, -0.1) is 0 Å². The third-order valence-electron chi connectivity index (χ3n) is 4.48. The number of methoxy groups -OCH3 is 1. The van der Waals surface area contributed by atoms with Crippen LogP contribution in [0.5, 0.6) is 0 Å². The topological polar surface area (TPSA) is 92.8 Å². The molecule has 1 unspecified atom stereocenters. The Balaban J connectivity index is 2.01. The second-order valence-corrected chi connectivity index (χ2v) is 7.71. The van der Waals surface area contributed by atoms with Gasteiger partial charge in [-0.25, -0.2) is 4.72 Å². The lowest BCUT2D eigenvalue weighted by molar-refractivity contribution is -0.146. The van der Waals surface area contributed by atoms with Crippen LogP contribution in [0, 0.1) is 5.92 Å². The van der Waals surface area contributed by atoms with E-state index in [1.807, 2.05) is 37.3 Å². The lowest BCUT2D eigenvalue weighted by Crippen LogP contribution is -2.48. The van der Waals surface area contributed by atoms with Crippen LogP contribution in [0.25, 0.3) is 0 Å². The number of nitrogens with one attached hydrogen (secondary N) is 1. The van der Waals surface area contributed by atoms with E-state index in [9.17, 15) is 18.0 Å². The number of hydrogen-bond acceptors (Lipinski definition) is 5. The van der Waals surface area contributed by atoms with Crippen molar-refractivity contribution in [3.05, 3.63) is 35.9 Å². The van der Waals surface area contributed by atoms with Gasteiger partial charge < -0.3 is 4.74 Å². The number of amides is 1. The van der Waals surface area contributed by atoms with Crippen molar-refractivity contribution in [2.75, 3.05) is 20.2 Å². The first-order chi connectivity index (χ1) is 11.9. The van der Waals surface area contributed by atoms with Crippen molar-refractivity contribution >= 4 is 22.1 Å². The van der Waals surface area contributed by atoms with Gasteiger partial charge >= 0.3 is 16.2 Å². The zero-order valence-electron chi connectivity index (χ0n) is 14.5. The quantitative estimate of drug-likeness (QED) is 0.767. The number of piperidine rings is 1. The van der Waals surface area contributed by atoms with Crippen LogP contribution in [0.2, 0.25) is 0 Å².